The smallest absolute Gasteiger partial charge is 0.106 e. The highest BCUT2D eigenvalue weighted by Gasteiger charge is 2.05. The zero-order valence-corrected chi connectivity index (χ0v) is 12.7. The number of hydrogen-bond donors (Lipinski definition) is 2. The highest BCUT2D eigenvalue weighted by atomic mass is 79.9. The summed E-state index contributed by atoms with van der Waals surface area (Å²) >= 11 is 5.20. The summed E-state index contributed by atoms with van der Waals surface area (Å²) in [7, 11) is 0. The van der Waals surface area contributed by atoms with Crippen LogP contribution in [0, 0.1) is 0 Å². The molecule has 0 atom stereocenters. The third-order valence-corrected chi connectivity index (χ3v) is 4.49. The molecular weight excluding hydrogens is 310 g/mol. The molecule has 0 aliphatic carbocycles. The van der Waals surface area contributed by atoms with Crippen LogP contribution in [0.2, 0.25) is 0 Å². The Balaban J connectivity index is 1.83. The number of thiophene rings is 1. The molecule has 18 heavy (non-hydrogen) atoms. The number of aromatic nitrogens is 2. The van der Waals surface area contributed by atoms with Gasteiger partial charge < -0.3 is 10.7 Å². The summed E-state index contributed by atoms with van der Waals surface area (Å²) in [6.45, 7) is 0.804. The summed E-state index contributed by atoms with van der Waals surface area (Å²) in [4.78, 5) is 9.04. The van der Waals surface area contributed by atoms with Crippen LogP contribution < -0.4 is 5.73 Å². The lowest BCUT2D eigenvalue weighted by Gasteiger charge is -1.98. The molecule has 0 unspecified atom stereocenters. The van der Waals surface area contributed by atoms with Gasteiger partial charge in [-0.25, -0.2) is 4.98 Å². The number of aryl methyl sites for hydroxylation is 1. The van der Waals surface area contributed by atoms with E-state index in [1.54, 1.807) is 11.3 Å². The molecule has 0 radical (unpaired) electrons. The molecule has 2 aromatic rings. The van der Waals surface area contributed by atoms with Gasteiger partial charge in [-0.3, -0.25) is 0 Å². The first kappa shape index (κ1) is 13.8. The maximum atomic E-state index is 5.47. The predicted molar refractivity (Wildman–Crippen MR) is 80.8 cm³/mol. The lowest BCUT2D eigenvalue weighted by atomic mass is 10.1. The molecule has 3 nitrogen and oxygen atoms in total. The number of imidazole rings is 1. The van der Waals surface area contributed by atoms with Crippen LogP contribution in [0.15, 0.2) is 22.1 Å². The first-order chi connectivity index (χ1) is 8.79. The second-order valence-electron chi connectivity index (χ2n) is 4.30. The van der Waals surface area contributed by atoms with E-state index in [-0.39, 0.29) is 0 Å². The molecule has 2 heterocycles. The molecule has 2 rings (SSSR count). The van der Waals surface area contributed by atoms with Crippen LogP contribution >= 0.6 is 27.3 Å². The standard InChI is InChI=1S/C13H18BrN3S/c14-12-7-6-11(18-12)10-9-16-13(17-10)5-3-1-2-4-8-15/h6-7,9H,1-5,8,15H2,(H,16,17). The van der Waals surface area contributed by atoms with Gasteiger partial charge in [0.15, 0.2) is 0 Å². The molecule has 3 N–H and O–H groups in total. The van der Waals surface area contributed by atoms with E-state index in [1.807, 2.05) is 6.20 Å². The second kappa shape index (κ2) is 7.07. The third-order valence-electron chi connectivity index (χ3n) is 2.83. The highest BCUT2D eigenvalue weighted by molar-refractivity contribution is 9.11. The number of nitrogens with one attached hydrogen (secondary N) is 1. The van der Waals surface area contributed by atoms with Crippen molar-refractivity contribution >= 4 is 27.3 Å². The number of nitrogens with zero attached hydrogens (tertiary/aromatic N) is 1. The van der Waals surface area contributed by atoms with Gasteiger partial charge in [0.05, 0.1) is 20.6 Å². The molecular formula is C13H18BrN3S. The Morgan fingerprint density at radius 3 is 2.78 bits per heavy atom. The third kappa shape index (κ3) is 3.93. The molecule has 98 valence electrons. The van der Waals surface area contributed by atoms with Crippen LogP contribution in [0.1, 0.15) is 31.5 Å². The summed E-state index contributed by atoms with van der Waals surface area (Å²) in [6.07, 6.45) is 7.72. The number of H-pyrrole nitrogens is 1. The Labute approximate surface area is 120 Å². The van der Waals surface area contributed by atoms with Crippen molar-refractivity contribution in [2.75, 3.05) is 6.54 Å². The van der Waals surface area contributed by atoms with E-state index in [9.17, 15) is 0 Å². The second-order valence-corrected chi connectivity index (χ2v) is 6.76. The van der Waals surface area contributed by atoms with Gasteiger partial charge >= 0.3 is 0 Å². The van der Waals surface area contributed by atoms with Crippen LogP contribution in [0.3, 0.4) is 0 Å². The summed E-state index contributed by atoms with van der Waals surface area (Å²) in [5.74, 6) is 1.09. The topological polar surface area (TPSA) is 54.7 Å². The molecule has 0 saturated carbocycles. The summed E-state index contributed by atoms with van der Waals surface area (Å²) < 4.78 is 1.15. The number of nitrogens with two attached hydrogens (primary N) is 1. The Morgan fingerprint density at radius 1 is 1.22 bits per heavy atom. The SMILES string of the molecule is NCCCCCCc1ncc(-c2ccc(Br)s2)[nH]1. The predicted octanol–water partition coefficient (Wildman–Crippen LogP) is 3.96. The Morgan fingerprint density at radius 2 is 2.06 bits per heavy atom. The van der Waals surface area contributed by atoms with Crippen LogP contribution in [0.5, 0.6) is 0 Å². The van der Waals surface area contributed by atoms with E-state index in [2.05, 4.69) is 38.0 Å². The van der Waals surface area contributed by atoms with Gasteiger partial charge in [0.1, 0.15) is 5.82 Å². The first-order valence-electron chi connectivity index (χ1n) is 6.29. The zero-order chi connectivity index (χ0) is 12.8. The van der Waals surface area contributed by atoms with Gasteiger partial charge in [0.25, 0.3) is 0 Å². The molecule has 5 heteroatoms. The number of aromatic amines is 1. The summed E-state index contributed by atoms with van der Waals surface area (Å²) in [5.41, 5.74) is 6.58. The molecule has 0 aromatic carbocycles. The van der Waals surface area contributed by atoms with E-state index in [1.165, 1.54) is 24.1 Å². The number of hydrogen-bond acceptors (Lipinski definition) is 3. The number of rotatable bonds is 7. The Bertz CT molecular complexity index is 478. The van der Waals surface area contributed by atoms with Crippen molar-refractivity contribution in [3.05, 3.63) is 27.9 Å². The van der Waals surface area contributed by atoms with Crippen LogP contribution in [0.25, 0.3) is 10.6 Å². The quantitative estimate of drug-likeness (QED) is 0.756. The largest absolute Gasteiger partial charge is 0.341 e. The monoisotopic (exact) mass is 327 g/mol. The number of halogens is 1. The van der Waals surface area contributed by atoms with Gasteiger partial charge in [0.2, 0.25) is 0 Å². The number of unbranched alkanes of at least 4 members (excludes halogenated alkanes) is 3. The summed E-state index contributed by atoms with van der Waals surface area (Å²) in [6, 6.07) is 4.17. The minimum Gasteiger partial charge on any atom is -0.341 e. The van der Waals surface area contributed by atoms with Crippen LogP contribution in [-0.2, 0) is 6.42 Å². The van der Waals surface area contributed by atoms with E-state index < -0.39 is 0 Å². The van der Waals surface area contributed by atoms with Crippen molar-refractivity contribution in [3.63, 3.8) is 0 Å². The average Bonchev–Trinajstić information content (AvgIpc) is 2.97. The molecule has 0 aliphatic heterocycles. The van der Waals surface area contributed by atoms with Crippen molar-refractivity contribution < 1.29 is 0 Å². The average molecular weight is 328 g/mol. The molecule has 0 bridgehead atoms. The molecule has 2 aromatic heterocycles. The minimum absolute atomic E-state index is 0.804. The zero-order valence-electron chi connectivity index (χ0n) is 10.3. The minimum atomic E-state index is 0.804. The fourth-order valence-electron chi connectivity index (χ4n) is 1.86. The van der Waals surface area contributed by atoms with Crippen molar-refractivity contribution in [1.82, 2.24) is 9.97 Å². The van der Waals surface area contributed by atoms with Gasteiger partial charge in [-0.2, -0.15) is 0 Å². The first-order valence-corrected chi connectivity index (χ1v) is 7.90. The van der Waals surface area contributed by atoms with Gasteiger partial charge in [-0.05, 0) is 47.4 Å². The van der Waals surface area contributed by atoms with E-state index in [0.29, 0.717) is 0 Å². The highest BCUT2D eigenvalue weighted by Crippen LogP contribution is 2.30. The summed E-state index contributed by atoms with van der Waals surface area (Å²) in [5, 5.41) is 0. The Kier molecular flexibility index (Phi) is 5.41. The fourth-order valence-corrected chi connectivity index (χ4v) is 3.22. The van der Waals surface area contributed by atoms with Gasteiger partial charge in [-0.15, -0.1) is 11.3 Å². The van der Waals surface area contributed by atoms with Crippen LogP contribution in [-0.4, -0.2) is 16.5 Å². The maximum absolute atomic E-state index is 5.47. The Hall–Kier alpha value is -0.650. The maximum Gasteiger partial charge on any atom is 0.106 e. The molecule has 0 fully saturated rings. The van der Waals surface area contributed by atoms with E-state index in [0.717, 1.165) is 34.7 Å². The molecule has 0 amide bonds. The van der Waals surface area contributed by atoms with Gasteiger partial charge in [0, 0.05) is 6.42 Å². The normalized spacial score (nSPS) is 11.0. The lowest BCUT2D eigenvalue weighted by Crippen LogP contribution is -1.98. The van der Waals surface area contributed by atoms with E-state index >= 15 is 0 Å². The van der Waals surface area contributed by atoms with Gasteiger partial charge in [-0.1, -0.05) is 12.8 Å². The van der Waals surface area contributed by atoms with Crippen molar-refractivity contribution in [2.24, 2.45) is 5.73 Å². The van der Waals surface area contributed by atoms with Crippen molar-refractivity contribution in [1.29, 1.82) is 0 Å². The van der Waals surface area contributed by atoms with E-state index in [4.69, 9.17) is 5.73 Å². The molecule has 0 spiro atoms. The van der Waals surface area contributed by atoms with Crippen molar-refractivity contribution in [3.8, 4) is 10.6 Å². The van der Waals surface area contributed by atoms with Crippen LogP contribution in [0.4, 0.5) is 0 Å². The molecule has 0 aliphatic rings. The molecule has 0 saturated heterocycles. The lowest BCUT2D eigenvalue weighted by molar-refractivity contribution is 0.638. The van der Waals surface area contributed by atoms with Crippen molar-refractivity contribution in [2.45, 2.75) is 32.1 Å². The fraction of sp³-hybridized carbons (Fsp3) is 0.462.